The normalized spacial score (nSPS) is 11.4. The average molecular weight is 650 g/mol. The van der Waals surface area contributed by atoms with E-state index in [9.17, 15) is 28.5 Å². The van der Waals surface area contributed by atoms with E-state index < -0.39 is 126 Å². The summed E-state index contributed by atoms with van der Waals surface area (Å²) in [5, 5.41) is 25.5. The Kier molecular flexibility index (Phi) is 7.29. The van der Waals surface area contributed by atoms with Gasteiger partial charge in [0.25, 0.3) is 0 Å². The van der Waals surface area contributed by atoms with E-state index in [1.165, 1.54) is 0 Å². The number of aromatic hydroxyl groups is 3. The summed E-state index contributed by atoms with van der Waals surface area (Å²) in [6.07, 6.45) is 0. The summed E-state index contributed by atoms with van der Waals surface area (Å²) < 4.78 is 150. The van der Waals surface area contributed by atoms with E-state index in [2.05, 4.69) is 0 Å². The number of benzene rings is 6. The highest BCUT2D eigenvalue weighted by atomic mass is 19.2. The van der Waals surface area contributed by atoms with E-state index in [0.29, 0.717) is 0 Å². The van der Waals surface area contributed by atoms with Crippen LogP contribution in [0.25, 0.3) is 32.3 Å². The van der Waals surface area contributed by atoms with Crippen LogP contribution in [0.1, 0.15) is 0 Å². The monoisotopic (exact) mass is 650 g/mol. The molecule has 0 fully saturated rings. The van der Waals surface area contributed by atoms with Crippen LogP contribution in [-0.2, 0) is 0 Å². The molecular weight excluding hydrogens is 638 g/mol. The van der Waals surface area contributed by atoms with E-state index in [4.69, 9.17) is 14.0 Å². The van der Waals surface area contributed by atoms with Crippen LogP contribution in [0.4, 0.5) is 39.5 Å². The van der Waals surface area contributed by atoms with Gasteiger partial charge in [-0.05, 0) is 18.2 Å². The van der Waals surface area contributed by atoms with Crippen molar-refractivity contribution < 1.29 is 68.8 Å². The van der Waals surface area contributed by atoms with Crippen molar-refractivity contribution in [1.29, 1.82) is 0 Å². The van der Waals surface area contributed by atoms with Gasteiger partial charge in [0, 0.05) is 16.2 Å². The lowest BCUT2D eigenvalue weighted by atomic mass is 10.0. The molecule has 0 saturated heterocycles. The molecule has 0 aliphatic heterocycles. The second-order valence-corrected chi connectivity index (χ2v) is 9.55. The van der Waals surface area contributed by atoms with E-state index in [0.717, 1.165) is 54.6 Å². The molecule has 6 nitrogen and oxygen atoms in total. The van der Waals surface area contributed by atoms with Crippen molar-refractivity contribution in [3.05, 3.63) is 107 Å². The summed E-state index contributed by atoms with van der Waals surface area (Å²) in [5.74, 6) is -24.9. The summed E-state index contributed by atoms with van der Waals surface area (Å²) in [7, 11) is -3.08. The first kappa shape index (κ1) is 30.4. The predicted octanol–water partition coefficient (Wildman–Crippen LogP) is 8.04. The first-order valence-corrected chi connectivity index (χ1v) is 12.7. The van der Waals surface area contributed by atoms with Gasteiger partial charge in [0.05, 0.1) is 16.2 Å². The zero-order valence-corrected chi connectivity index (χ0v) is 22.2. The molecule has 0 aliphatic carbocycles. The van der Waals surface area contributed by atoms with Crippen molar-refractivity contribution in [1.82, 2.24) is 0 Å². The number of fused-ring (bicyclic) bond motifs is 3. The molecule has 0 saturated carbocycles. The number of rotatable bonds is 6. The first-order valence-electron chi connectivity index (χ1n) is 12.7. The fourth-order valence-electron chi connectivity index (χ4n) is 4.82. The Labute approximate surface area is 250 Å². The molecule has 0 unspecified atom stereocenters. The number of halogens is 9. The lowest BCUT2D eigenvalue weighted by Crippen LogP contribution is -2.38. The van der Waals surface area contributed by atoms with Crippen molar-refractivity contribution in [2.24, 2.45) is 0 Å². The van der Waals surface area contributed by atoms with Crippen LogP contribution >= 0.6 is 0 Å². The Hall–Kier alpha value is -5.67. The Balaban J connectivity index is 1.56. The van der Waals surface area contributed by atoms with Gasteiger partial charge >= 0.3 is 7.32 Å². The summed E-state index contributed by atoms with van der Waals surface area (Å²) in [6, 6.07) is 7.69. The van der Waals surface area contributed by atoms with Crippen LogP contribution in [0.2, 0.25) is 0 Å². The molecule has 6 rings (SSSR count). The molecule has 0 aromatic heterocycles. The predicted molar refractivity (Wildman–Crippen MR) is 144 cm³/mol. The Morgan fingerprint density at radius 1 is 0.391 bits per heavy atom. The number of hydrogen-bond acceptors (Lipinski definition) is 6. The fourth-order valence-corrected chi connectivity index (χ4v) is 4.82. The molecule has 0 heterocycles. The summed E-state index contributed by atoms with van der Waals surface area (Å²) in [5.41, 5.74) is 0. The van der Waals surface area contributed by atoms with E-state index in [1.54, 1.807) is 0 Å². The van der Waals surface area contributed by atoms with Gasteiger partial charge < -0.3 is 29.3 Å². The van der Waals surface area contributed by atoms with E-state index >= 15 is 26.3 Å². The molecule has 6 aromatic rings. The standard InChI is InChI=1S/C30H12BF9O6/c32-13-7-1-4-10-16(13)25(41)22(38)28(19(10)35)44-31(45-29-20(36)11-5-2-8-14(33)17(11)26(42)23(29)39)46-30-21(37)12-6-3-9-15(34)18(12)27(43)24(30)40/h1-9,41-43H. The van der Waals surface area contributed by atoms with Crippen LogP contribution in [0.5, 0.6) is 34.5 Å². The highest BCUT2D eigenvalue weighted by molar-refractivity contribution is 6.39. The van der Waals surface area contributed by atoms with Gasteiger partial charge in [-0.25, -0.2) is 26.3 Å². The highest BCUT2D eigenvalue weighted by Gasteiger charge is 2.40. The zero-order chi connectivity index (χ0) is 33.2. The third-order valence-corrected chi connectivity index (χ3v) is 6.92. The largest absolute Gasteiger partial charge is 0.864 e. The number of hydrogen-bond donors (Lipinski definition) is 3. The van der Waals surface area contributed by atoms with Crippen molar-refractivity contribution in [2.75, 3.05) is 0 Å². The molecule has 234 valence electrons. The van der Waals surface area contributed by atoms with Crippen LogP contribution in [0.3, 0.4) is 0 Å². The first-order chi connectivity index (χ1) is 21.8. The van der Waals surface area contributed by atoms with Crippen molar-refractivity contribution in [3.8, 4) is 34.5 Å². The second kappa shape index (κ2) is 11.0. The molecule has 0 aliphatic rings. The SMILES string of the molecule is Oc1c(F)c(OB(Oc2c(F)c(O)c3c(F)cccc3c2F)Oc2c(F)c(O)c3c(F)cccc3c2F)c(F)c2cccc(F)c12. The minimum Gasteiger partial charge on any atom is -0.504 e. The zero-order valence-electron chi connectivity index (χ0n) is 22.2. The topological polar surface area (TPSA) is 88.4 Å². The fraction of sp³-hybridized carbons (Fsp3) is 0. The van der Waals surface area contributed by atoms with Crippen LogP contribution < -0.4 is 14.0 Å². The van der Waals surface area contributed by atoms with Crippen molar-refractivity contribution in [3.63, 3.8) is 0 Å². The van der Waals surface area contributed by atoms with Crippen molar-refractivity contribution >= 4 is 39.6 Å². The Morgan fingerprint density at radius 3 is 0.913 bits per heavy atom. The highest BCUT2D eigenvalue weighted by Crippen LogP contribution is 2.43. The van der Waals surface area contributed by atoms with Crippen LogP contribution in [0, 0.1) is 52.4 Å². The maximum absolute atomic E-state index is 15.5. The minimum absolute atomic E-state index is 0.748. The second-order valence-electron chi connectivity index (χ2n) is 9.55. The van der Waals surface area contributed by atoms with Gasteiger partial charge in [-0.3, -0.25) is 0 Å². The molecular formula is C30H12BF9O6. The summed E-state index contributed by atoms with van der Waals surface area (Å²) >= 11 is 0. The quantitative estimate of drug-likeness (QED) is 0.125. The maximum atomic E-state index is 15.5. The number of phenolic OH excluding ortho intramolecular Hbond substituents is 3. The smallest absolute Gasteiger partial charge is 0.504 e. The molecule has 6 aromatic carbocycles. The molecule has 0 radical (unpaired) electrons. The van der Waals surface area contributed by atoms with Gasteiger partial charge in [0.1, 0.15) is 17.5 Å². The lowest BCUT2D eigenvalue weighted by molar-refractivity contribution is 0.265. The molecule has 3 N–H and O–H groups in total. The van der Waals surface area contributed by atoms with Crippen LogP contribution in [-0.4, -0.2) is 22.6 Å². The van der Waals surface area contributed by atoms with Crippen molar-refractivity contribution in [2.45, 2.75) is 0 Å². The van der Waals surface area contributed by atoms with E-state index in [-0.39, 0.29) is 0 Å². The van der Waals surface area contributed by atoms with Gasteiger partial charge in [-0.2, -0.15) is 13.2 Å². The molecule has 0 amide bonds. The molecule has 0 bridgehead atoms. The number of phenols is 3. The minimum atomic E-state index is -3.08. The van der Waals surface area contributed by atoms with Gasteiger partial charge in [-0.1, -0.05) is 36.4 Å². The lowest BCUT2D eigenvalue weighted by Gasteiger charge is -2.21. The molecule has 16 heteroatoms. The Bertz CT molecular complexity index is 2000. The summed E-state index contributed by atoms with van der Waals surface area (Å²) in [6.45, 7) is 0. The summed E-state index contributed by atoms with van der Waals surface area (Å²) in [4.78, 5) is 0. The molecule has 0 spiro atoms. The Morgan fingerprint density at radius 2 is 0.652 bits per heavy atom. The third kappa shape index (κ3) is 4.55. The maximum Gasteiger partial charge on any atom is 0.864 e. The molecule has 46 heavy (non-hydrogen) atoms. The van der Waals surface area contributed by atoms with Crippen LogP contribution in [0.15, 0.2) is 54.6 Å². The third-order valence-electron chi connectivity index (χ3n) is 6.92. The molecule has 0 atom stereocenters. The van der Waals surface area contributed by atoms with E-state index in [1.807, 2.05) is 0 Å². The van der Waals surface area contributed by atoms with Gasteiger partial charge in [0.2, 0.25) is 17.5 Å². The van der Waals surface area contributed by atoms with Gasteiger partial charge in [-0.15, -0.1) is 0 Å². The van der Waals surface area contributed by atoms with Gasteiger partial charge in [0.15, 0.2) is 51.9 Å². The average Bonchev–Trinajstić information content (AvgIpc) is 3.03.